The third-order valence-electron chi connectivity index (χ3n) is 5.03. The maximum absolute atomic E-state index is 12.8. The van der Waals surface area contributed by atoms with Gasteiger partial charge in [-0.05, 0) is 43.9 Å². The molecule has 2 unspecified atom stereocenters. The van der Waals surface area contributed by atoms with Gasteiger partial charge in [0, 0.05) is 17.8 Å². The molecule has 2 fully saturated rings. The number of hydrogen-bond donors (Lipinski definition) is 2. The largest absolute Gasteiger partial charge is 0.480 e. The molecule has 0 saturated carbocycles. The molecule has 0 radical (unpaired) electrons. The van der Waals surface area contributed by atoms with Gasteiger partial charge in [0.15, 0.2) is 9.84 Å². The zero-order valence-corrected chi connectivity index (χ0v) is 15.6. The highest BCUT2D eigenvalue weighted by atomic mass is 32.2. The van der Waals surface area contributed by atoms with E-state index in [1.54, 1.807) is 18.2 Å². The first-order valence-electron chi connectivity index (χ1n) is 8.92. The van der Waals surface area contributed by atoms with Gasteiger partial charge in [-0.15, -0.1) is 0 Å². The quantitative estimate of drug-likeness (QED) is 0.790. The summed E-state index contributed by atoms with van der Waals surface area (Å²) in [6.07, 6.45) is 2.23. The summed E-state index contributed by atoms with van der Waals surface area (Å²) in [4.78, 5) is 37.8. The molecule has 2 atom stereocenters. The number of likely N-dealkylation sites (tertiary alicyclic amines) is 1. The van der Waals surface area contributed by atoms with Gasteiger partial charge in [0.1, 0.15) is 6.04 Å². The van der Waals surface area contributed by atoms with Crippen LogP contribution in [-0.2, 0) is 19.4 Å². The molecule has 2 aliphatic heterocycles. The number of piperidine rings is 1. The van der Waals surface area contributed by atoms with Crippen LogP contribution in [0.15, 0.2) is 24.3 Å². The molecular formula is C18H22N2O6S. The third-order valence-corrected chi connectivity index (χ3v) is 6.80. The van der Waals surface area contributed by atoms with Gasteiger partial charge < -0.3 is 15.3 Å². The molecule has 2 heterocycles. The Hall–Kier alpha value is -2.42. The molecule has 27 heavy (non-hydrogen) atoms. The van der Waals surface area contributed by atoms with E-state index in [1.807, 2.05) is 0 Å². The van der Waals surface area contributed by atoms with Crippen molar-refractivity contribution in [1.82, 2.24) is 4.90 Å². The molecule has 0 spiro atoms. The predicted octanol–water partition coefficient (Wildman–Crippen LogP) is 1.14. The minimum Gasteiger partial charge on any atom is -0.480 e. The number of hydrogen-bond acceptors (Lipinski definition) is 5. The molecule has 2 aliphatic rings. The summed E-state index contributed by atoms with van der Waals surface area (Å²) in [5.41, 5.74) is 0.680. The third kappa shape index (κ3) is 4.47. The summed E-state index contributed by atoms with van der Waals surface area (Å²) in [5, 5.41) is 12.0. The summed E-state index contributed by atoms with van der Waals surface area (Å²) in [6.45, 7) is 0.381. The van der Waals surface area contributed by atoms with Crippen LogP contribution in [0.4, 0.5) is 5.69 Å². The van der Waals surface area contributed by atoms with Gasteiger partial charge in [-0.3, -0.25) is 9.59 Å². The van der Waals surface area contributed by atoms with E-state index < -0.39 is 27.8 Å². The highest BCUT2D eigenvalue weighted by molar-refractivity contribution is 7.91. The van der Waals surface area contributed by atoms with E-state index in [0.717, 1.165) is 12.8 Å². The fraction of sp³-hybridized carbons (Fsp3) is 0.500. The molecular weight excluding hydrogens is 372 g/mol. The van der Waals surface area contributed by atoms with Gasteiger partial charge in [-0.1, -0.05) is 6.07 Å². The highest BCUT2D eigenvalue weighted by Crippen LogP contribution is 2.23. The van der Waals surface area contributed by atoms with E-state index in [9.17, 15) is 27.9 Å². The first-order chi connectivity index (χ1) is 12.8. The van der Waals surface area contributed by atoms with Crippen molar-refractivity contribution in [3.8, 4) is 0 Å². The van der Waals surface area contributed by atoms with Crippen molar-refractivity contribution in [1.29, 1.82) is 0 Å². The Labute approximate surface area is 157 Å². The lowest BCUT2D eigenvalue weighted by Gasteiger charge is -2.33. The lowest BCUT2D eigenvalue weighted by molar-refractivity contribution is -0.143. The molecule has 1 aromatic carbocycles. The number of carbonyl (C=O) groups is 3. The molecule has 8 nitrogen and oxygen atoms in total. The van der Waals surface area contributed by atoms with Crippen LogP contribution in [-0.4, -0.2) is 60.3 Å². The minimum absolute atomic E-state index is 0.00908. The van der Waals surface area contributed by atoms with Crippen molar-refractivity contribution < 1.29 is 27.9 Å². The van der Waals surface area contributed by atoms with Crippen LogP contribution >= 0.6 is 0 Å². The monoisotopic (exact) mass is 394 g/mol. The summed E-state index contributed by atoms with van der Waals surface area (Å²) in [5.74, 6) is -2.53. The number of sulfone groups is 1. The average Bonchev–Trinajstić information content (AvgIpc) is 3.01. The Morgan fingerprint density at radius 1 is 1.15 bits per heavy atom. The van der Waals surface area contributed by atoms with E-state index in [1.165, 1.54) is 11.0 Å². The van der Waals surface area contributed by atoms with E-state index >= 15 is 0 Å². The highest BCUT2D eigenvalue weighted by Gasteiger charge is 2.34. The van der Waals surface area contributed by atoms with E-state index in [0.29, 0.717) is 30.6 Å². The topological polar surface area (TPSA) is 121 Å². The number of carboxylic acid groups (broad SMARTS) is 1. The van der Waals surface area contributed by atoms with Crippen LogP contribution < -0.4 is 5.32 Å². The summed E-state index contributed by atoms with van der Waals surface area (Å²) in [7, 11) is -3.16. The molecule has 9 heteroatoms. The zero-order chi connectivity index (χ0) is 19.6. The summed E-state index contributed by atoms with van der Waals surface area (Å²) < 4.78 is 23.0. The van der Waals surface area contributed by atoms with Crippen molar-refractivity contribution in [3.63, 3.8) is 0 Å². The van der Waals surface area contributed by atoms with Crippen molar-refractivity contribution in [3.05, 3.63) is 29.8 Å². The summed E-state index contributed by atoms with van der Waals surface area (Å²) in [6, 6.07) is 5.45. The van der Waals surface area contributed by atoms with E-state index in [-0.39, 0.29) is 23.3 Å². The Morgan fingerprint density at radius 3 is 2.59 bits per heavy atom. The number of anilines is 1. The maximum Gasteiger partial charge on any atom is 0.326 e. The normalized spacial score (nSPS) is 24.4. The number of aliphatic carboxylic acids is 1. The Kier molecular flexibility index (Phi) is 5.50. The number of rotatable bonds is 4. The minimum atomic E-state index is -3.16. The van der Waals surface area contributed by atoms with Crippen molar-refractivity contribution in [2.45, 2.75) is 31.7 Å². The van der Waals surface area contributed by atoms with Crippen LogP contribution in [0, 0.1) is 5.92 Å². The standard InChI is InChI=1S/C18H22N2O6S/c21-16(13-7-9-27(25,26)11-13)19-14-5-3-4-12(10-14)17(22)20-8-2-1-6-15(20)18(23)24/h3-5,10,13,15H,1-2,6-9,11H2,(H,19,21)(H,23,24). The van der Waals surface area contributed by atoms with Crippen LogP contribution in [0.25, 0.3) is 0 Å². The van der Waals surface area contributed by atoms with Crippen molar-refractivity contribution >= 4 is 33.3 Å². The molecule has 1 aromatic rings. The van der Waals surface area contributed by atoms with E-state index in [4.69, 9.17) is 0 Å². The van der Waals surface area contributed by atoms with Gasteiger partial charge in [-0.25, -0.2) is 13.2 Å². The molecule has 2 N–H and O–H groups in total. The molecule has 0 bridgehead atoms. The Morgan fingerprint density at radius 2 is 1.93 bits per heavy atom. The average molecular weight is 394 g/mol. The predicted molar refractivity (Wildman–Crippen MR) is 98.1 cm³/mol. The van der Waals surface area contributed by atoms with E-state index in [2.05, 4.69) is 5.32 Å². The van der Waals surface area contributed by atoms with Gasteiger partial charge in [0.05, 0.1) is 17.4 Å². The lowest BCUT2D eigenvalue weighted by Crippen LogP contribution is -2.48. The number of benzene rings is 1. The van der Waals surface area contributed by atoms with Gasteiger partial charge in [0.25, 0.3) is 5.91 Å². The zero-order valence-electron chi connectivity index (χ0n) is 14.8. The van der Waals surface area contributed by atoms with Gasteiger partial charge >= 0.3 is 5.97 Å². The second kappa shape index (κ2) is 7.67. The van der Waals surface area contributed by atoms with Crippen LogP contribution in [0.3, 0.4) is 0 Å². The molecule has 2 saturated heterocycles. The Balaban J connectivity index is 1.72. The lowest BCUT2D eigenvalue weighted by atomic mass is 10.0. The van der Waals surface area contributed by atoms with Crippen LogP contribution in [0.1, 0.15) is 36.0 Å². The van der Waals surface area contributed by atoms with Gasteiger partial charge in [-0.2, -0.15) is 0 Å². The smallest absolute Gasteiger partial charge is 0.326 e. The first-order valence-corrected chi connectivity index (χ1v) is 10.7. The maximum atomic E-state index is 12.8. The molecule has 0 aromatic heterocycles. The SMILES string of the molecule is O=C(Nc1cccc(C(=O)N2CCCCC2C(=O)O)c1)C1CCS(=O)(=O)C1. The number of carbonyl (C=O) groups excluding carboxylic acids is 2. The molecule has 0 aliphatic carbocycles. The Bertz CT molecular complexity index is 866. The molecule has 3 rings (SSSR count). The van der Waals surface area contributed by atoms with Gasteiger partial charge in [0.2, 0.25) is 5.91 Å². The fourth-order valence-electron chi connectivity index (χ4n) is 3.57. The molecule has 146 valence electrons. The fourth-order valence-corrected chi connectivity index (χ4v) is 5.31. The number of nitrogens with zero attached hydrogens (tertiary/aromatic N) is 1. The van der Waals surface area contributed by atoms with Crippen LogP contribution in [0.2, 0.25) is 0 Å². The number of amides is 2. The summed E-state index contributed by atoms with van der Waals surface area (Å²) >= 11 is 0. The van der Waals surface area contributed by atoms with Crippen molar-refractivity contribution in [2.24, 2.45) is 5.92 Å². The first kappa shape index (κ1) is 19.3. The number of nitrogens with one attached hydrogen (secondary N) is 1. The number of carboxylic acids is 1. The molecule has 2 amide bonds. The second-order valence-electron chi connectivity index (χ2n) is 7.02. The van der Waals surface area contributed by atoms with Crippen LogP contribution in [0.5, 0.6) is 0 Å². The van der Waals surface area contributed by atoms with Crippen molar-refractivity contribution in [2.75, 3.05) is 23.4 Å². The second-order valence-corrected chi connectivity index (χ2v) is 9.25.